The van der Waals surface area contributed by atoms with Crippen molar-refractivity contribution in [2.75, 3.05) is 6.61 Å². The normalized spacial score (nSPS) is 26.6. The average molecular weight is 403 g/mol. The first-order valence-electron chi connectivity index (χ1n) is 12.2. The van der Waals surface area contributed by atoms with Crippen LogP contribution < -0.4 is 0 Å². The van der Waals surface area contributed by atoms with E-state index in [2.05, 4.69) is 74.5 Å². The Kier molecular flexibility index (Phi) is 7.44. The highest BCUT2D eigenvalue weighted by Gasteiger charge is 2.36. The van der Waals surface area contributed by atoms with Crippen LogP contribution in [0.15, 0.2) is 60.7 Å². The van der Waals surface area contributed by atoms with Gasteiger partial charge in [-0.1, -0.05) is 60.7 Å². The van der Waals surface area contributed by atoms with Crippen molar-refractivity contribution in [1.29, 1.82) is 0 Å². The SMILES string of the molecule is C/C=C/CCc1ccc(-c2ccc(C3CCC4CC(OCC)CCC4C3)cc2)cc1. The lowest BCUT2D eigenvalue weighted by atomic mass is 9.65. The number of hydrogen-bond acceptors (Lipinski definition) is 1. The second-order valence-electron chi connectivity index (χ2n) is 9.35. The maximum atomic E-state index is 5.93. The molecule has 0 amide bonds. The summed E-state index contributed by atoms with van der Waals surface area (Å²) in [6.07, 6.45) is 15.2. The van der Waals surface area contributed by atoms with Crippen molar-refractivity contribution >= 4 is 0 Å². The average Bonchev–Trinajstić information content (AvgIpc) is 2.80. The first-order chi connectivity index (χ1) is 14.8. The molecule has 4 unspecified atom stereocenters. The van der Waals surface area contributed by atoms with Crippen molar-refractivity contribution in [3.05, 3.63) is 71.8 Å². The summed E-state index contributed by atoms with van der Waals surface area (Å²) in [5, 5.41) is 0. The van der Waals surface area contributed by atoms with E-state index in [0.717, 1.165) is 37.2 Å². The molecule has 160 valence electrons. The van der Waals surface area contributed by atoms with Crippen molar-refractivity contribution in [1.82, 2.24) is 0 Å². The highest BCUT2D eigenvalue weighted by atomic mass is 16.5. The zero-order valence-corrected chi connectivity index (χ0v) is 18.9. The van der Waals surface area contributed by atoms with Gasteiger partial charge >= 0.3 is 0 Å². The minimum absolute atomic E-state index is 0.529. The monoisotopic (exact) mass is 402 g/mol. The molecule has 0 spiro atoms. The minimum atomic E-state index is 0.529. The van der Waals surface area contributed by atoms with E-state index in [1.165, 1.54) is 55.2 Å². The van der Waals surface area contributed by atoms with Gasteiger partial charge in [0.05, 0.1) is 6.10 Å². The lowest BCUT2D eigenvalue weighted by Crippen LogP contribution is -2.33. The van der Waals surface area contributed by atoms with Gasteiger partial charge in [-0.3, -0.25) is 0 Å². The topological polar surface area (TPSA) is 9.23 Å². The second-order valence-corrected chi connectivity index (χ2v) is 9.35. The lowest BCUT2D eigenvalue weighted by Gasteiger charge is -2.42. The molecule has 0 aliphatic heterocycles. The summed E-state index contributed by atoms with van der Waals surface area (Å²) in [6, 6.07) is 18.6. The fourth-order valence-electron chi connectivity index (χ4n) is 5.76. The Balaban J connectivity index is 1.35. The molecule has 0 radical (unpaired) electrons. The molecule has 1 heteroatoms. The molecule has 1 nitrogen and oxygen atoms in total. The highest BCUT2D eigenvalue weighted by molar-refractivity contribution is 5.64. The minimum Gasteiger partial charge on any atom is -0.378 e. The zero-order valence-electron chi connectivity index (χ0n) is 18.9. The molecule has 0 N–H and O–H groups in total. The van der Waals surface area contributed by atoms with Crippen molar-refractivity contribution in [2.24, 2.45) is 11.8 Å². The largest absolute Gasteiger partial charge is 0.378 e. The Morgan fingerprint density at radius 1 is 0.833 bits per heavy atom. The van der Waals surface area contributed by atoms with E-state index in [0.29, 0.717) is 6.10 Å². The van der Waals surface area contributed by atoms with Crippen LogP contribution in [0.5, 0.6) is 0 Å². The standard InChI is InChI=1S/C29H38O/c1-3-5-6-7-22-8-10-23(11-9-22)24-12-14-25(15-13-24)26-16-17-28-21-29(30-4-2)19-18-27(28)20-26/h3,5,8-15,26-29H,4,6-7,16-21H2,1-2H3/b5-3+. The third-order valence-electron chi connectivity index (χ3n) is 7.47. The van der Waals surface area contributed by atoms with E-state index >= 15 is 0 Å². The molecule has 2 fully saturated rings. The van der Waals surface area contributed by atoms with Gasteiger partial charge in [0.2, 0.25) is 0 Å². The van der Waals surface area contributed by atoms with Gasteiger partial charge in [-0.2, -0.15) is 0 Å². The first kappa shape index (κ1) is 21.4. The van der Waals surface area contributed by atoms with Crippen molar-refractivity contribution in [3.63, 3.8) is 0 Å². The molecule has 0 saturated heterocycles. The van der Waals surface area contributed by atoms with Gasteiger partial charge in [-0.25, -0.2) is 0 Å². The molecule has 2 aliphatic carbocycles. The summed E-state index contributed by atoms with van der Waals surface area (Å²) < 4.78 is 5.93. The first-order valence-corrected chi connectivity index (χ1v) is 12.2. The fraction of sp³-hybridized carbons (Fsp3) is 0.517. The molecular formula is C29H38O. The van der Waals surface area contributed by atoms with Crippen LogP contribution in [0.2, 0.25) is 0 Å². The number of fused-ring (bicyclic) bond motifs is 1. The van der Waals surface area contributed by atoms with Gasteiger partial charge in [0.25, 0.3) is 0 Å². The lowest BCUT2D eigenvalue weighted by molar-refractivity contribution is -0.00955. The van der Waals surface area contributed by atoms with Gasteiger partial charge in [-0.15, -0.1) is 0 Å². The van der Waals surface area contributed by atoms with Crippen LogP contribution >= 0.6 is 0 Å². The Morgan fingerprint density at radius 3 is 2.20 bits per heavy atom. The van der Waals surface area contributed by atoms with E-state index in [1.807, 2.05) is 0 Å². The summed E-state index contributed by atoms with van der Waals surface area (Å²) in [7, 11) is 0. The molecule has 2 aromatic rings. The quantitative estimate of drug-likeness (QED) is 0.427. The van der Waals surface area contributed by atoms with Crippen molar-refractivity contribution in [2.45, 2.75) is 77.2 Å². The predicted molar refractivity (Wildman–Crippen MR) is 128 cm³/mol. The van der Waals surface area contributed by atoms with Crippen LogP contribution in [-0.2, 0) is 11.2 Å². The summed E-state index contributed by atoms with van der Waals surface area (Å²) in [5.41, 5.74) is 5.63. The van der Waals surface area contributed by atoms with Crippen LogP contribution in [0.3, 0.4) is 0 Å². The van der Waals surface area contributed by atoms with E-state index in [-0.39, 0.29) is 0 Å². The molecule has 4 rings (SSSR count). The van der Waals surface area contributed by atoms with E-state index < -0.39 is 0 Å². The van der Waals surface area contributed by atoms with Gasteiger partial charge in [-0.05, 0) is 105 Å². The third kappa shape index (κ3) is 5.24. The maximum Gasteiger partial charge on any atom is 0.0577 e. The number of allylic oxidation sites excluding steroid dienone is 2. The van der Waals surface area contributed by atoms with Crippen LogP contribution in [0.25, 0.3) is 11.1 Å². The van der Waals surface area contributed by atoms with Crippen LogP contribution in [0.1, 0.15) is 75.8 Å². The molecule has 0 bridgehead atoms. The van der Waals surface area contributed by atoms with Crippen molar-refractivity contribution < 1.29 is 4.74 Å². The molecule has 2 aromatic carbocycles. The summed E-state index contributed by atoms with van der Waals surface area (Å²) in [4.78, 5) is 0. The Labute approximate surface area is 183 Å². The highest BCUT2D eigenvalue weighted by Crippen LogP contribution is 2.46. The third-order valence-corrected chi connectivity index (χ3v) is 7.47. The molecule has 0 aromatic heterocycles. The summed E-state index contributed by atoms with van der Waals surface area (Å²) in [5.74, 6) is 2.56. The molecular weight excluding hydrogens is 364 g/mol. The van der Waals surface area contributed by atoms with E-state index in [9.17, 15) is 0 Å². The van der Waals surface area contributed by atoms with Gasteiger partial charge in [0.1, 0.15) is 0 Å². The maximum absolute atomic E-state index is 5.93. The Morgan fingerprint density at radius 2 is 1.50 bits per heavy atom. The molecule has 2 saturated carbocycles. The molecule has 0 heterocycles. The zero-order chi connectivity index (χ0) is 20.8. The second kappa shape index (κ2) is 10.4. The fourth-order valence-corrected chi connectivity index (χ4v) is 5.76. The Hall–Kier alpha value is -1.86. The van der Waals surface area contributed by atoms with Crippen LogP contribution in [-0.4, -0.2) is 12.7 Å². The number of hydrogen-bond donors (Lipinski definition) is 0. The number of ether oxygens (including phenoxy) is 1. The van der Waals surface area contributed by atoms with Gasteiger partial charge in [0.15, 0.2) is 0 Å². The summed E-state index contributed by atoms with van der Waals surface area (Å²) >= 11 is 0. The Bertz CT molecular complexity index is 801. The number of rotatable bonds is 7. The van der Waals surface area contributed by atoms with Crippen molar-refractivity contribution in [3.8, 4) is 11.1 Å². The van der Waals surface area contributed by atoms with Gasteiger partial charge in [0, 0.05) is 6.61 Å². The molecule has 2 aliphatic rings. The molecule has 30 heavy (non-hydrogen) atoms. The number of benzene rings is 2. The number of aryl methyl sites for hydroxylation is 1. The summed E-state index contributed by atoms with van der Waals surface area (Å²) in [6.45, 7) is 5.09. The predicted octanol–water partition coefficient (Wildman–Crippen LogP) is 7.95. The smallest absolute Gasteiger partial charge is 0.0577 e. The van der Waals surface area contributed by atoms with Gasteiger partial charge < -0.3 is 4.74 Å². The van der Waals surface area contributed by atoms with Crippen LogP contribution in [0.4, 0.5) is 0 Å². The van der Waals surface area contributed by atoms with E-state index in [1.54, 1.807) is 5.56 Å². The van der Waals surface area contributed by atoms with E-state index in [4.69, 9.17) is 4.74 Å². The molecule has 4 atom stereocenters. The van der Waals surface area contributed by atoms with Crippen LogP contribution in [0, 0.1) is 11.8 Å².